The molecule has 0 saturated carbocycles. The van der Waals surface area contributed by atoms with Crippen molar-refractivity contribution in [3.8, 4) is 0 Å². The minimum Gasteiger partial charge on any atom is -0.480 e. The number of aliphatic carboxylic acids is 1. The SMILES string of the molecule is O=C(O)C1CCCN1Br. The van der Waals surface area contributed by atoms with E-state index in [1.54, 1.807) is 3.93 Å². The van der Waals surface area contributed by atoms with E-state index in [4.69, 9.17) is 5.11 Å². The highest BCUT2D eigenvalue weighted by Gasteiger charge is 2.28. The van der Waals surface area contributed by atoms with Crippen LogP contribution in [0.4, 0.5) is 0 Å². The fourth-order valence-electron chi connectivity index (χ4n) is 0.975. The minimum absolute atomic E-state index is 0.301. The van der Waals surface area contributed by atoms with Crippen molar-refractivity contribution in [1.29, 1.82) is 0 Å². The molecule has 0 amide bonds. The summed E-state index contributed by atoms with van der Waals surface area (Å²) in [6, 6.07) is -0.301. The van der Waals surface area contributed by atoms with Crippen LogP contribution in [0.1, 0.15) is 12.8 Å². The monoisotopic (exact) mass is 193 g/mol. The Morgan fingerprint density at radius 1 is 1.78 bits per heavy atom. The first kappa shape index (κ1) is 7.02. The maximum absolute atomic E-state index is 10.3. The van der Waals surface area contributed by atoms with Gasteiger partial charge in [0.2, 0.25) is 0 Å². The molecule has 4 heteroatoms. The van der Waals surface area contributed by atoms with E-state index in [2.05, 4.69) is 16.1 Å². The van der Waals surface area contributed by atoms with Crippen LogP contribution >= 0.6 is 16.1 Å². The highest BCUT2D eigenvalue weighted by atomic mass is 79.9. The maximum atomic E-state index is 10.3. The number of carboxylic acid groups (broad SMARTS) is 1. The Labute approximate surface area is 62.0 Å². The molecule has 0 aromatic carbocycles. The van der Waals surface area contributed by atoms with Crippen LogP contribution in [0.3, 0.4) is 0 Å². The van der Waals surface area contributed by atoms with Gasteiger partial charge in [-0.1, -0.05) is 0 Å². The van der Waals surface area contributed by atoms with Crippen LogP contribution in [-0.2, 0) is 4.79 Å². The van der Waals surface area contributed by atoms with Crippen LogP contribution in [0.25, 0.3) is 0 Å². The van der Waals surface area contributed by atoms with Gasteiger partial charge in [0.25, 0.3) is 0 Å². The van der Waals surface area contributed by atoms with Crippen molar-refractivity contribution in [1.82, 2.24) is 3.93 Å². The second kappa shape index (κ2) is 2.66. The predicted molar refractivity (Wildman–Crippen MR) is 36.3 cm³/mol. The summed E-state index contributed by atoms with van der Waals surface area (Å²) in [5.41, 5.74) is 0. The molecule has 1 unspecified atom stereocenters. The maximum Gasteiger partial charge on any atom is 0.321 e. The fourth-order valence-corrected chi connectivity index (χ4v) is 1.61. The van der Waals surface area contributed by atoms with E-state index in [0.717, 1.165) is 19.4 Å². The van der Waals surface area contributed by atoms with Gasteiger partial charge < -0.3 is 5.11 Å². The Morgan fingerprint density at radius 2 is 2.44 bits per heavy atom. The van der Waals surface area contributed by atoms with Gasteiger partial charge in [0.15, 0.2) is 0 Å². The standard InChI is InChI=1S/C5H8BrNO2/c6-7-3-1-2-4(7)5(8)9/h4H,1-3H2,(H,8,9). The second-order valence-electron chi connectivity index (χ2n) is 2.12. The fraction of sp³-hybridized carbons (Fsp3) is 0.800. The summed E-state index contributed by atoms with van der Waals surface area (Å²) in [6.45, 7) is 0.844. The van der Waals surface area contributed by atoms with E-state index in [1.807, 2.05) is 0 Å². The molecule has 9 heavy (non-hydrogen) atoms. The first-order valence-corrected chi connectivity index (χ1v) is 3.58. The van der Waals surface area contributed by atoms with Crippen molar-refractivity contribution in [3.05, 3.63) is 0 Å². The smallest absolute Gasteiger partial charge is 0.321 e. The lowest BCUT2D eigenvalue weighted by atomic mass is 10.2. The third-order valence-electron chi connectivity index (χ3n) is 1.47. The molecule has 1 atom stereocenters. The van der Waals surface area contributed by atoms with Gasteiger partial charge in [-0.15, -0.1) is 0 Å². The van der Waals surface area contributed by atoms with Crippen molar-refractivity contribution in [2.45, 2.75) is 18.9 Å². The third kappa shape index (κ3) is 1.43. The Hall–Kier alpha value is -0.0900. The zero-order chi connectivity index (χ0) is 6.85. The molecular weight excluding hydrogens is 186 g/mol. The molecule has 1 rings (SSSR count). The number of hydrogen-bond acceptors (Lipinski definition) is 2. The van der Waals surface area contributed by atoms with Gasteiger partial charge >= 0.3 is 5.97 Å². The molecule has 0 bridgehead atoms. The van der Waals surface area contributed by atoms with Crippen molar-refractivity contribution in [3.63, 3.8) is 0 Å². The molecule has 0 radical (unpaired) electrons. The highest BCUT2D eigenvalue weighted by Crippen LogP contribution is 2.20. The van der Waals surface area contributed by atoms with Gasteiger partial charge in [-0.25, -0.2) is 3.93 Å². The molecule has 1 saturated heterocycles. The molecule has 0 aliphatic carbocycles. The van der Waals surface area contributed by atoms with Crippen LogP contribution in [0, 0.1) is 0 Å². The van der Waals surface area contributed by atoms with Crippen molar-refractivity contribution < 1.29 is 9.90 Å². The molecule has 1 fully saturated rings. The summed E-state index contributed by atoms with van der Waals surface area (Å²) < 4.78 is 1.69. The molecular formula is C5H8BrNO2. The van der Waals surface area contributed by atoms with Crippen molar-refractivity contribution in [2.24, 2.45) is 0 Å². The van der Waals surface area contributed by atoms with E-state index in [-0.39, 0.29) is 6.04 Å². The van der Waals surface area contributed by atoms with E-state index < -0.39 is 5.97 Å². The van der Waals surface area contributed by atoms with Crippen LogP contribution in [0.2, 0.25) is 0 Å². The topological polar surface area (TPSA) is 40.5 Å². The summed E-state index contributed by atoms with van der Waals surface area (Å²) >= 11 is 3.16. The largest absolute Gasteiger partial charge is 0.480 e. The summed E-state index contributed by atoms with van der Waals surface area (Å²) in [6.07, 6.45) is 1.74. The van der Waals surface area contributed by atoms with Crippen LogP contribution in [0.5, 0.6) is 0 Å². The molecule has 52 valence electrons. The van der Waals surface area contributed by atoms with E-state index in [9.17, 15) is 4.79 Å². The lowest BCUT2D eigenvalue weighted by Crippen LogP contribution is -2.28. The molecule has 3 nitrogen and oxygen atoms in total. The number of hydrogen-bond donors (Lipinski definition) is 1. The number of nitrogens with zero attached hydrogens (tertiary/aromatic N) is 1. The van der Waals surface area contributed by atoms with Crippen LogP contribution in [0.15, 0.2) is 0 Å². The molecule has 0 aromatic heterocycles. The molecule has 1 N–H and O–H groups in total. The second-order valence-corrected chi connectivity index (χ2v) is 3.03. The van der Waals surface area contributed by atoms with Crippen molar-refractivity contribution >= 4 is 22.1 Å². The highest BCUT2D eigenvalue weighted by molar-refractivity contribution is 9.07. The van der Waals surface area contributed by atoms with Gasteiger partial charge in [-0.2, -0.15) is 0 Å². The van der Waals surface area contributed by atoms with Gasteiger partial charge in [0.05, 0.1) is 0 Å². The Morgan fingerprint density at radius 3 is 2.67 bits per heavy atom. The van der Waals surface area contributed by atoms with Crippen LogP contribution in [-0.4, -0.2) is 27.6 Å². The first-order chi connectivity index (χ1) is 4.22. The van der Waals surface area contributed by atoms with Crippen LogP contribution < -0.4 is 0 Å². The van der Waals surface area contributed by atoms with E-state index >= 15 is 0 Å². The molecule has 0 spiro atoms. The first-order valence-electron chi connectivity index (χ1n) is 2.87. The summed E-state index contributed by atoms with van der Waals surface area (Å²) in [7, 11) is 0. The lowest BCUT2D eigenvalue weighted by molar-refractivity contribution is -0.140. The molecule has 1 aliphatic rings. The van der Waals surface area contributed by atoms with E-state index in [1.165, 1.54) is 0 Å². The Balaban J connectivity index is 2.49. The van der Waals surface area contributed by atoms with Gasteiger partial charge in [0.1, 0.15) is 6.04 Å². The van der Waals surface area contributed by atoms with E-state index in [0.29, 0.717) is 0 Å². The van der Waals surface area contributed by atoms with Gasteiger partial charge in [-0.05, 0) is 12.8 Å². The number of rotatable bonds is 1. The summed E-state index contributed by atoms with van der Waals surface area (Å²) in [5.74, 6) is -0.732. The zero-order valence-corrected chi connectivity index (χ0v) is 6.47. The molecule has 1 aliphatic heterocycles. The molecule has 0 aromatic rings. The lowest BCUT2D eigenvalue weighted by Gasteiger charge is -2.10. The molecule has 1 heterocycles. The Bertz CT molecular complexity index is 128. The number of carbonyl (C=O) groups is 1. The average Bonchev–Trinajstić information content (AvgIpc) is 2.13. The minimum atomic E-state index is -0.732. The van der Waals surface area contributed by atoms with Crippen molar-refractivity contribution in [2.75, 3.05) is 6.54 Å². The summed E-state index contributed by atoms with van der Waals surface area (Å²) in [4.78, 5) is 10.3. The Kier molecular flexibility index (Phi) is 2.08. The van der Waals surface area contributed by atoms with Gasteiger partial charge in [-0.3, -0.25) is 4.79 Å². The number of carboxylic acids is 1. The third-order valence-corrected chi connectivity index (χ3v) is 2.32. The zero-order valence-electron chi connectivity index (χ0n) is 4.88. The average molecular weight is 194 g/mol. The number of halogens is 1. The normalized spacial score (nSPS) is 28.8. The quantitative estimate of drug-likeness (QED) is 0.629. The van der Waals surface area contributed by atoms with Gasteiger partial charge in [0, 0.05) is 22.7 Å². The summed E-state index contributed by atoms with van der Waals surface area (Å²) in [5, 5.41) is 8.51. The predicted octanol–water partition coefficient (Wildman–Crippen LogP) is 0.845.